The lowest BCUT2D eigenvalue weighted by Crippen LogP contribution is -2.12. The largest absolute Gasteiger partial charge is 0.466 e. The van der Waals surface area contributed by atoms with Crippen molar-refractivity contribution in [2.75, 3.05) is 6.61 Å². The molecule has 0 saturated carbocycles. The Kier molecular flexibility index (Phi) is 4.90. The van der Waals surface area contributed by atoms with E-state index in [2.05, 4.69) is 4.74 Å². The number of carbonyl (C=O) groups excluding carboxylic acids is 2. The van der Waals surface area contributed by atoms with Crippen LogP contribution >= 0.6 is 23.2 Å². The highest BCUT2D eigenvalue weighted by Gasteiger charge is 2.17. The molecule has 0 saturated heterocycles. The molecule has 0 aromatic heterocycles. The topological polar surface area (TPSA) is 43.4 Å². The molecule has 3 nitrogen and oxygen atoms in total. The highest BCUT2D eigenvalue weighted by atomic mass is 35.5. The third-order valence-corrected chi connectivity index (χ3v) is 2.52. The lowest BCUT2D eigenvalue weighted by Gasteiger charge is -2.05. The minimum atomic E-state index is -0.761. The maximum absolute atomic E-state index is 13.1. The molecule has 92 valence electrons. The molecule has 0 fully saturated rings. The third kappa shape index (κ3) is 3.68. The van der Waals surface area contributed by atoms with E-state index in [9.17, 15) is 14.0 Å². The molecule has 0 unspecified atom stereocenters. The van der Waals surface area contributed by atoms with E-state index in [0.717, 1.165) is 12.1 Å². The molecule has 0 amide bonds. The molecule has 1 rings (SSSR count). The molecular formula is C11H9Cl2FO3. The fourth-order valence-electron chi connectivity index (χ4n) is 1.17. The van der Waals surface area contributed by atoms with Gasteiger partial charge in [0.25, 0.3) is 0 Å². The Balaban J connectivity index is 2.89. The summed E-state index contributed by atoms with van der Waals surface area (Å²) in [5, 5.41) is -0.173. The summed E-state index contributed by atoms with van der Waals surface area (Å²) in [6.07, 6.45) is -0.478. The summed E-state index contributed by atoms with van der Waals surface area (Å²) in [7, 11) is 0. The van der Waals surface area contributed by atoms with E-state index in [-0.39, 0.29) is 22.2 Å². The zero-order chi connectivity index (χ0) is 13.0. The fourth-order valence-corrected chi connectivity index (χ4v) is 1.66. The van der Waals surface area contributed by atoms with Gasteiger partial charge in [-0.1, -0.05) is 23.2 Å². The number of hydrogen-bond donors (Lipinski definition) is 0. The number of hydrogen-bond acceptors (Lipinski definition) is 3. The first-order chi connectivity index (χ1) is 7.95. The van der Waals surface area contributed by atoms with Crippen LogP contribution in [0.3, 0.4) is 0 Å². The number of carbonyl (C=O) groups is 2. The van der Waals surface area contributed by atoms with E-state index >= 15 is 0 Å². The number of rotatable bonds is 4. The highest BCUT2D eigenvalue weighted by molar-refractivity contribution is 6.37. The van der Waals surface area contributed by atoms with Gasteiger partial charge in [0.1, 0.15) is 12.2 Å². The molecule has 0 bridgehead atoms. The van der Waals surface area contributed by atoms with Crippen LogP contribution in [0, 0.1) is 5.82 Å². The summed E-state index contributed by atoms with van der Waals surface area (Å²) in [6.45, 7) is 1.80. The molecule has 0 heterocycles. The van der Waals surface area contributed by atoms with Gasteiger partial charge in [-0.3, -0.25) is 9.59 Å². The molecule has 0 radical (unpaired) electrons. The number of ether oxygens (including phenoxy) is 1. The predicted octanol–water partition coefficient (Wildman–Crippen LogP) is 3.27. The number of ketones is 1. The van der Waals surface area contributed by atoms with Crippen LogP contribution in [0.2, 0.25) is 10.0 Å². The molecule has 6 heteroatoms. The van der Waals surface area contributed by atoms with E-state index in [4.69, 9.17) is 23.2 Å². The van der Waals surface area contributed by atoms with E-state index in [1.807, 2.05) is 0 Å². The van der Waals surface area contributed by atoms with Crippen molar-refractivity contribution < 1.29 is 18.7 Å². The van der Waals surface area contributed by atoms with Gasteiger partial charge in [0.05, 0.1) is 16.7 Å². The van der Waals surface area contributed by atoms with Gasteiger partial charge in [0, 0.05) is 5.56 Å². The van der Waals surface area contributed by atoms with Crippen molar-refractivity contribution in [3.05, 3.63) is 33.6 Å². The Morgan fingerprint density at radius 3 is 2.53 bits per heavy atom. The third-order valence-electron chi connectivity index (χ3n) is 1.92. The van der Waals surface area contributed by atoms with Crippen LogP contribution in [-0.2, 0) is 9.53 Å². The zero-order valence-corrected chi connectivity index (χ0v) is 10.4. The Labute approximate surface area is 107 Å². The second kappa shape index (κ2) is 5.98. The molecule has 17 heavy (non-hydrogen) atoms. The van der Waals surface area contributed by atoms with E-state index in [0.29, 0.717) is 0 Å². The molecule has 1 aromatic rings. The average Bonchev–Trinajstić information content (AvgIpc) is 2.23. The smallest absolute Gasteiger partial charge is 0.313 e. The van der Waals surface area contributed by atoms with Crippen LogP contribution in [0.25, 0.3) is 0 Å². The average molecular weight is 279 g/mol. The van der Waals surface area contributed by atoms with Crippen molar-refractivity contribution in [3.8, 4) is 0 Å². The molecule has 0 N–H and O–H groups in total. The Morgan fingerprint density at radius 2 is 1.94 bits per heavy atom. The predicted molar refractivity (Wildman–Crippen MR) is 62.0 cm³/mol. The number of halogens is 3. The lowest BCUT2D eigenvalue weighted by atomic mass is 10.1. The molecule has 0 aliphatic heterocycles. The Morgan fingerprint density at radius 1 is 1.29 bits per heavy atom. The zero-order valence-electron chi connectivity index (χ0n) is 8.93. The minimum absolute atomic E-state index is 0.00528. The summed E-state index contributed by atoms with van der Waals surface area (Å²) >= 11 is 11.2. The van der Waals surface area contributed by atoms with Crippen LogP contribution < -0.4 is 0 Å². The van der Waals surface area contributed by atoms with Crippen molar-refractivity contribution in [1.82, 2.24) is 0 Å². The Hall–Kier alpha value is -1.13. The maximum atomic E-state index is 13.1. The van der Waals surface area contributed by atoms with Gasteiger partial charge < -0.3 is 4.74 Å². The van der Waals surface area contributed by atoms with Crippen LogP contribution in [0.5, 0.6) is 0 Å². The monoisotopic (exact) mass is 278 g/mol. The first-order valence-electron chi connectivity index (χ1n) is 4.79. The summed E-state index contributed by atoms with van der Waals surface area (Å²) in [4.78, 5) is 22.7. The molecular weight excluding hydrogens is 270 g/mol. The SMILES string of the molecule is CCOC(=O)CC(=O)c1cc(F)c(Cl)cc1Cl. The lowest BCUT2D eigenvalue weighted by molar-refractivity contribution is -0.141. The number of Topliss-reactive ketones (excluding diaryl/α,β-unsaturated/α-hetero) is 1. The summed E-state index contributed by atoms with van der Waals surface area (Å²) in [6, 6.07) is 2.03. The van der Waals surface area contributed by atoms with Gasteiger partial charge >= 0.3 is 5.97 Å². The summed E-state index contributed by atoms with van der Waals surface area (Å²) in [5.74, 6) is -2.05. The van der Waals surface area contributed by atoms with Gasteiger partial charge in [-0.25, -0.2) is 4.39 Å². The van der Waals surface area contributed by atoms with E-state index < -0.39 is 24.0 Å². The van der Waals surface area contributed by atoms with Crippen LogP contribution in [0.4, 0.5) is 4.39 Å². The molecule has 0 spiro atoms. The minimum Gasteiger partial charge on any atom is -0.466 e. The van der Waals surface area contributed by atoms with Gasteiger partial charge in [-0.2, -0.15) is 0 Å². The Bertz CT molecular complexity index is 460. The highest BCUT2D eigenvalue weighted by Crippen LogP contribution is 2.25. The first-order valence-corrected chi connectivity index (χ1v) is 5.54. The van der Waals surface area contributed by atoms with Gasteiger partial charge in [0.15, 0.2) is 5.78 Å². The first kappa shape index (κ1) is 13.9. The second-order valence-electron chi connectivity index (χ2n) is 3.15. The standard InChI is InChI=1S/C11H9Cl2FO3/c1-2-17-11(16)5-10(15)6-3-9(14)8(13)4-7(6)12/h3-4H,2,5H2,1H3. The van der Waals surface area contributed by atoms with E-state index in [1.165, 1.54) is 0 Å². The van der Waals surface area contributed by atoms with E-state index in [1.54, 1.807) is 6.92 Å². The van der Waals surface area contributed by atoms with Crippen LogP contribution in [-0.4, -0.2) is 18.4 Å². The van der Waals surface area contributed by atoms with Crippen molar-refractivity contribution in [2.24, 2.45) is 0 Å². The maximum Gasteiger partial charge on any atom is 0.313 e. The van der Waals surface area contributed by atoms with Crippen LogP contribution in [0.1, 0.15) is 23.7 Å². The van der Waals surface area contributed by atoms with Crippen molar-refractivity contribution in [3.63, 3.8) is 0 Å². The molecule has 0 aliphatic carbocycles. The quantitative estimate of drug-likeness (QED) is 0.367. The normalized spacial score (nSPS) is 10.1. The molecule has 1 aromatic carbocycles. The van der Waals surface area contributed by atoms with Crippen molar-refractivity contribution in [1.29, 1.82) is 0 Å². The second-order valence-corrected chi connectivity index (χ2v) is 3.97. The summed E-state index contributed by atoms with van der Waals surface area (Å²) in [5.41, 5.74) is -0.0818. The van der Waals surface area contributed by atoms with Gasteiger partial charge in [-0.05, 0) is 19.1 Å². The molecule has 0 aliphatic rings. The summed E-state index contributed by atoms with van der Waals surface area (Å²) < 4.78 is 17.8. The molecule has 0 atom stereocenters. The number of esters is 1. The van der Waals surface area contributed by atoms with Crippen molar-refractivity contribution in [2.45, 2.75) is 13.3 Å². The van der Waals surface area contributed by atoms with Crippen LogP contribution in [0.15, 0.2) is 12.1 Å². The van der Waals surface area contributed by atoms with Gasteiger partial charge in [0.2, 0.25) is 0 Å². The van der Waals surface area contributed by atoms with Crippen molar-refractivity contribution >= 4 is 35.0 Å². The number of benzene rings is 1. The van der Waals surface area contributed by atoms with Gasteiger partial charge in [-0.15, -0.1) is 0 Å². The fraction of sp³-hybridized carbons (Fsp3) is 0.273.